The van der Waals surface area contributed by atoms with Crippen LogP contribution in [0.2, 0.25) is 0 Å². The van der Waals surface area contributed by atoms with E-state index in [2.05, 4.69) is 59.6 Å². The van der Waals surface area contributed by atoms with Gasteiger partial charge < -0.3 is 43.4 Å². The summed E-state index contributed by atoms with van der Waals surface area (Å²) in [5.41, 5.74) is 4.60. The highest BCUT2D eigenvalue weighted by atomic mass is 16.5. The maximum Gasteiger partial charge on any atom is 0.142 e. The molecule has 0 aromatic heterocycles. The van der Waals surface area contributed by atoms with Gasteiger partial charge in [-0.3, -0.25) is 0 Å². The number of nitrogens with zero attached hydrogens (tertiary/aromatic N) is 1. The van der Waals surface area contributed by atoms with Crippen LogP contribution in [0.4, 0.5) is 5.69 Å². The summed E-state index contributed by atoms with van der Waals surface area (Å²) in [4.78, 5) is 2.39. The van der Waals surface area contributed by atoms with Crippen molar-refractivity contribution in [1.82, 2.24) is 5.32 Å². The van der Waals surface area contributed by atoms with Crippen molar-refractivity contribution in [3.8, 4) is 5.75 Å². The first-order valence-electron chi connectivity index (χ1n) is 15.3. The minimum absolute atomic E-state index is 0.0353. The molecule has 2 aromatic rings. The van der Waals surface area contributed by atoms with Crippen molar-refractivity contribution in [2.45, 2.75) is 57.7 Å². The summed E-state index contributed by atoms with van der Waals surface area (Å²) in [6, 6.07) is 15.1. The number of nitrogens with one attached hydrogen (secondary N) is 1. The molecule has 4 rings (SSSR count). The largest absolute Gasteiger partial charge is 0.490 e. The van der Waals surface area contributed by atoms with Crippen molar-refractivity contribution in [2.75, 3.05) is 84.9 Å². The number of anilines is 1. The molecule has 0 amide bonds. The minimum atomic E-state index is -0.0555. The average molecular weight is 587 g/mol. The van der Waals surface area contributed by atoms with Crippen molar-refractivity contribution in [1.29, 1.82) is 0 Å². The second-order valence-electron chi connectivity index (χ2n) is 10.9. The fourth-order valence-electron chi connectivity index (χ4n) is 5.62. The lowest BCUT2D eigenvalue weighted by Gasteiger charge is -2.39. The number of rotatable bonds is 18. The molecule has 234 valence electrons. The SMILES string of the molecule is CCOC(C)CO[C@@H]1CNC[C@H](OCc2ccc3c(c2)N(CCCOC)CCO3)[C@H]1c1ccc(COCCOC)cc1. The van der Waals surface area contributed by atoms with Gasteiger partial charge in [0.25, 0.3) is 0 Å². The van der Waals surface area contributed by atoms with E-state index >= 15 is 0 Å². The zero-order valence-electron chi connectivity index (χ0n) is 25.8. The molecule has 1 fully saturated rings. The Morgan fingerprint density at radius 2 is 1.69 bits per heavy atom. The predicted octanol–water partition coefficient (Wildman–Crippen LogP) is 4.17. The maximum atomic E-state index is 6.68. The van der Waals surface area contributed by atoms with Crippen molar-refractivity contribution < 1.29 is 33.2 Å². The van der Waals surface area contributed by atoms with Crippen LogP contribution in [-0.4, -0.2) is 98.4 Å². The van der Waals surface area contributed by atoms with Crippen LogP contribution in [0.25, 0.3) is 0 Å². The molecule has 1 saturated heterocycles. The molecule has 1 unspecified atom stereocenters. The van der Waals surface area contributed by atoms with E-state index in [1.807, 2.05) is 6.92 Å². The van der Waals surface area contributed by atoms with Gasteiger partial charge in [-0.25, -0.2) is 0 Å². The van der Waals surface area contributed by atoms with Crippen LogP contribution in [-0.2, 0) is 41.6 Å². The smallest absolute Gasteiger partial charge is 0.142 e. The molecular weight excluding hydrogens is 536 g/mol. The van der Waals surface area contributed by atoms with E-state index in [-0.39, 0.29) is 24.2 Å². The summed E-state index contributed by atoms with van der Waals surface area (Å²) in [6.45, 7) is 12.3. The summed E-state index contributed by atoms with van der Waals surface area (Å²) in [6.07, 6.45) is 0.921. The molecule has 42 heavy (non-hydrogen) atoms. The van der Waals surface area contributed by atoms with Gasteiger partial charge in [-0.1, -0.05) is 30.3 Å². The Kier molecular flexibility index (Phi) is 13.8. The van der Waals surface area contributed by atoms with Gasteiger partial charge in [0.1, 0.15) is 12.4 Å². The number of fused-ring (bicyclic) bond motifs is 1. The topological polar surface area (TPSA) is 79.9 Å². The van der Waals surface area contributed by atoms with Crippen LogP contribution >= 0.6 is 0 Å². The van der Waals surface area contributed by atoms with Crippen molar-refractivity contribution in [3.05, 3.63) is 59.2 Å². The Balaban J connectivity index is 1.46. The zero-order valence-corrected chi connectivity index (χ0v) is 25.8. The van der Waals surface area contributed by atoms with E-state index in [1.165, 1.54) is 5.56 Å². The Bertz CT molecular complexity index is 1040. The lowest BCUT2D eigenvalue weighted by atomic mass is 9.85. The number of hydrogen-bond acceptors (Lipinski definition) is 9. The molecule has 1 N–H and O–H groups in total. The second-order valence-corrected chi connectivity index (χ2v) is 10.9. The maximum absolute atomic E-state index is 6.68. The van der Waals surface area contributed by atoms with Crippen molar-refractivity contribution in [2.24, 2.45) is 0 Å². The molecule has 0 bridgehead atoms. The van der Waals surface area contributed by atoms with E-state index in [0.717, 1.165) is 61.8 Å². The van der Waals surface area contributed by atoms with Gasteiger partial charge in [0, 0.05) is 53.0 Å². The van der Waals surface area contributed by atoms with Gasteiger partial charge in [-0.15, -0.1) is 0 Å². The molecule has 0 radical (unpaired) electrons. The lowest BCUT2D eigenvalue weighted by molar-refractivity contribution is -0.0844. The summed E-state index contributed by atoms with van der Waals surface area (Å²) < 4.78 is 40.9. The van der Waals surface area contributed by atoms with Gasteiger partial charge in [0.15, 0.2) is 0 Å². The zero-order chi connectivity index (χ0) is 29.6. The Morgan fingerprint density at radius 3 is 2.45 bits per heavy atom. The predicted molar refractivity (Wildman–Crippen MR) is 164 cm³/mol. The van der Waals surface area contributed by atoms with E-state index in [9.17, 15) is 0 Å². The molecule has 0 aliphatic carbocycles. The molecule has 2 heterocycles. The molecule has 9 nitrogen and oxygen atoms in total. The highest BCUT2D eigenvalue weighted by molar-refractivity contribution is 5.61. The van der Waals surface area contributed by atoms with E-state index in [4.69, 9.17) is 33.2 Å². The minimum Gasteiger partial charge on any atom is -0.490 e. The van der Waals surface area contributed by atoms with Crippen LogP contribution in [0.5, 0.6) is 5.75 Å². The van der Waals surface area contributed by atoms with Crippen LogP contribution in [0, 0.1) is 0 Å². The van der Waals surface area contributed by atoms with E-state index in [0.29, 0.717) is 46.2 Å². The van der Waals surface area contributed by atoms with Crippen LogP contribution in [0.1, 0.15) is 42.9 Å². The molecular formula is C33H50N2O7. The normalized spacial score (nSPS) is 21.1. The van der Waals surface area contributed by atoms with E-state index in [1.54, 1.807) is 14.2 Å². The van der Waals surface area contributed by atoms with E-state index < -0.39 is 0 Å². The monoisotopic (exact) mass is 586 g/mol. The van der Waals surface area contributed by atoms with Crippen LogP contribution in [0.3, 0.4) is 0 Å². The third-order valence-corrected chi connectivity index (χ3v) is 7.78. The first-order chi connectivity index (χ1) is 20.6. The molecule has 2 aromatic carbocycles. The Morgan fingerprint density at radius 1 is 0.929 bits per heavy atom. The summed E-state index contributed by atoms with van der Waals surface area (Å²) in [5.74, 6) is 1.01. The number of piperidine rings is 1. The van der Waals surface area contributed by atoms with Crippen LogP contribution < -0.4 is 15.0 Å². The number of ether oxygens (including phenoxy) is 7. The number of methoxy groups -OCH3 is 2. The fourth-order valence-corrected chi connectivity index (χ4v) is 5.62. The van der Waals surface area contributed by atoms with Gasteiger partial charge in [0.05, 0.1) is 63.6 Å². The van der Waals surface area contributed by atoms with Gasteiger partial charge >= 0.3 is 0 Å². The first-order valence-corrected chi connectivity index (χ1v) is 15.3. The fraction of sp³-hybridized carbons (Fsp3) is 0.636. The highest BCUT2D eigenvalue weighted by Crippen LogP contribution is 2.34. The Labute approximate surface area is 251 Å². The molecule has 4 atom stereocenters. The van der Waals surface area contributed by atoms with Gasteiger partial charge in [0.2, 0.25) is 0 Å². The van der Waals surface area contributed by atoms with Crippen LogP contribution in [0.15, 0.2) is 42.5 Å². The number of hydrogen-bond donors (Lipinski definition) is 1. The van der Waals surface area contributed by atoms with Gasteiger partial charge in [-0.05, 0) is 49.1 Å². The number of benzene rings is 2. The standard InChI is InChI=1S/C33H50N2O7/c1-5-39-25(2)22-41-31-20-34-21-32(33(31)28-10-7-26(8-11-28)23-38-18-17-37-4)42-24-27-9-12-30-29(19-27)35(14-16-40-30)13-6-15-36-3/h7-12,19,25,31-34H,5-6,13-18,20-24H2,1-4H3/t25?,31-,32+,33+/m1/s1. The van der Waals surface area contributed by atoms with Gasteiger partial charge in [-0.2, -0.15) is 0 Å². The summed E-state index contributed by atoms with van der Waals surface area (Å²) in [7, 11) is 3.43. The molecule has 2 aliphatic rings. The molecule has 0 saturated carbocycles. The molecule has 9 heteroatoms. The van der Waals surface area contributed by atoms with Crippen molar-refractivity contribution in [3.63, 3.8) is 0 Å². The highest BCUT2D eigenvalue weighted by Gasteiger charge is 2.36. The first kappa shape index (κ1) is 32.7. The Hall–Kier alpha value is -2.24. The summed E-state index contributed by atoms with van der Waals surface area (Å²) >= 11 is 0. The molecule has 2 aliphatic heterocycles. The van der Waals surface area contributed by atoms with Crippen molar-refractivity contribution >= 4 is 5.69 Å². The third-order valence-electron chi connectivity index (χ3n) is 7.78. The quantitative estimate of drug-likeness (QED) is 0.259. The second kappa shape index (κ2) is 17.8. The average Bonchev–Trinajstić information content (AvgIpc) is 3.02. The lowest BCUT2D eigenvalue weighted by Crippen LogP contribution is -2.51. The molecule has 0 spiro atoms. The third kappa shape index (κ3) is 9.64. The summed E-state index contributed by atoms with van der Waals surface area (Å²) in [5, 5.41) is 3.55.